The summed E-state index contributed by atoms with van der Waals surface area (Å²) in [6.45, 7) is 0.0513. The molecule has 1 aromatic carbocycles. The number of nitrogens with zero attached hydrogens (tertiary/aromatic N) is 4. The van der Waals surface area contributed by atoms with Crippen LogP contribution in [0.15, 0.2) is 44.4 Å². The molecule has 3 heterocycles. The number of aromatic amines is 1. The largest absolute Gasteiger partial charge is 0.465 e. The Morgan fingerprint density at radius 1 is 1.36 bits per heavy atom. The van der Waals surface area contributed by atoms with Gasteiger partial charge in [0, 0.05) is 16.9 Å². The molecule has 2 aliphatic rings. The molecule has 28 heavy (non-hydrogen) atoms. The van der Waals surface area contributed by atoms with Gasteiger partial charge in [-0.15, -0.1) is 0 Å². The zero-order valence-electron chi connectivity index (χ0n) is 14.3. The number of pyridine rings is 1. The molecule has 2 aromatic rings. The molecule has 2 aliphatic heterocycles. The maximum atomic E-state index is 14.1. The number of methoxy groups -OCH3 is 1. The van der Waals surface area contributed by atoms with Gasteiger partial charge in [0.15, 0.2) is 0 Å². The standard InChI is InChI=1S/C17H11BrFN5O4/c1-27-17(26)11-6-24(5-10-14(11)21-22-16(10)25)7-13-20-15(23-28-13)9-3-2-8(18)4-12(9)19/h2-6H,7H2,1H3,(H,22,25). The summed E-state index contributed by atoms with van der Waals surface area (Å²) in [4.78, 5) is 28.1. The van der Waals surface area contributed by atoms with Gasteiger partial charge in [-0.2, -0.15) is 10.1 Å². The van der Waals surface area contributed by atoms with Gasteiger partial charge in [0.05, 0.1) is 18.2 Å². The molecule has 0 saturated carbocycles. The lowest BCUT2D eigenvalue weighted by Gasteiger charge is -2.09. The molecule has 0 fully saturated rings. The number of nitrogens with one attached hydrogen (secondary N) is 1. The van der Waals surface area contributed by atoms with E-state index in [4.69, 9.17) is 9.26 Å². The highest BCUT2D eigenvalue weighted by molar-refractivity contribution is 9.10. The summed E-state index contributed by atoms with van der Waals surface area (Å²) in [5, 5.41) is 9.94. The van der Waals surface area contributed by atoms with Crippen molar-refractivity contribution in [2.75, 3.05) is 7.11 Å². The van der Waals surface area contributed by atoms with E-state index in [2.05, 4.69) is 36.3 Å². The van der Waals surface area contributed by atoms with E-state index in [0.29, 0.717) is 4.47 Å². The van der Waals surface area contributed by atoms with Gasteiger partial charge in [0.25, 0.3) is 5.56 Å². The third-order valence-corrected chi connectivity index (χ3v) is 4.47. The van der Waals surface area contributed by atoms with Crippen molar-refractivity contribution in [1.82, 2.24) is 24.9 Å². The molecule has 0 radical (unpaired) electrons. The molecule has 1 N–H and O–H groups in total. The molecule has 0 aliphatic carbocycles. The third kappa shape index (κ3) is 3.20. The van der Waals surface area contributed by atoms with Crippen LogP contribution < -0.4 is 5.56 Å². The van der Waals surface area contributed by atoms with Crippen LogP contribution in [0.4, 0.5) is 4.39 Å². The van der Waals surface area contributed by atoms with Crippen molar-refractivity contribution >= 4 is 21.9 Å². The van der Waals surface area contributed by atoms with Crippen LogP contribution in [0.5, 0.6) is 0 Å². The van der Waals surface area contributed by atoms with E-state index in [-0.39, 0.29) is 40.6 Å². The molecule has 142 valence electrons. The first-order valence-electron chi connectivity index (χ1n) is 7.90. The minimum Gasteiger partial charge on any atom is -0.465 e. The Kier molecular flexibility index (Phi) is 4.51. The van der Waals surface area contributed by atoms with Crippen LogP contribution in [-0.2, 0) is 11.3 Å². The smallest absolute Gasteiger partial charge is 0.341 e. The topological polar surface area (TPSA) is 116 Å². The average molecular weight is 448 g/mol. The SMILES string of the molecule is COC(=O)c1cn(Cc2nc(-c3ccc(Br)cc3F)no2)cc2c(=O)[nH]nc1-2. The lowest BCUT2D eigenvalue weighted by molar-refractivity contribution is 0.0600. The molecule has 0 atom stereocenters. The number of halogens is 2. The van der Waals surface area contributed by atoms with E-state index in [1.165, 1.54) is 36.2 Å². The summed E-state index contributed by atoms with van der Waals surface area (Å²) in [5.74, 6) is -0.900. The van der Waals surface area contributed by atoms with Crippen molar-refractivity contribution in [3.63, 3.8) is 0 Å². The Bertz CT molecular complexity index is 1210. The average Bonchev–Trinajstić information content (AvgIpc) is 3.28. The zero-order valence-corrected chi connectivity index (χ0v) is 15.9. The summed E-state index contributed by atoms with van der Waals surface area (Å²) in [7, 11) is 1.23. The summed E-state index contributed by atoms with van der Waals surface area (Å²) in [5.41, 5.74) is 0.262. The number of hydrogen-bond donors (Lipinski definition) is 1. The van der Waals surface area contributed by atoms with E-state index < -0.39 is 17.3 Å². The van der Waals surface area contributed by atoms with Crippen molar-refractivity contribution in [1.29, 1.82) is 0 Å². The number of carbonyl (C=O) groups excluding carboxylic acids is 1. The lowest BCUT2D eigenvalue weighted by atomic mass is 10.1. The predicted octanol–water partition coefficient (Wildman–Crippen LogP) is 2.46. The lowest BCUT2D eigenvalue weighted by Crippen LogP contribution is -2.12. The first kappa shape index (κ1) is 18.0. The summed E-state index contributed by atoms with van der Waals surface area (Å²) in [6.07, 6.45) is 2.95. The van der Waals surface area contributed by atoms with Crippen molar-refractivity contribution in [3.05, 3.63) is 62.7 Å². The molecule has 1 aromatic heterocycles. The molecule has 0 bridgehead atoms. The minimum absolute atomic E-state index is 0.0513. The quantitative estimate of drug-likeness (QED) is 0.477. The Balaban J connectivity index is 1.70. The number of aromatic nitrogens is 5. The second-order valence-electron chi connectivity index (χ2n) is 5.79. The number of ether oxygens (including phenoxy) is 1. The molecule has 9 nitrogen and oxygen atoms in total. The normalized spacial score (nSPS) is 11.1. The minimum atomic E-state index is -0.644. The van der Waals surface area contributed by atoms with E-state index in [0.717, 1.165) is 0 Å². The fourth-order valence-corrected chi connectivity index (χ4v) is 3.03. The number of carbonyl (C=O) groups is 1. The van der Waals surface area contributed by atoms with Crippen molar-refractivity contribution in [2.45, 2.75) is 6.54 Å². The van der Waals surface area contributed by atoms with Crippen LogP contribution >= 0.6 is 15.9 Å². The fourth-order valence-electron chi connectivity index (χ4n) is 2.70. The molecule has 0 unspecified atom stereocenters. The van der Waals surface area contributed by atoms with E-state index in [1.807, 2.05) is 0 Å². The van der Waals surface area contributed by atoms with Gasteiger partial charge in [0.2, 0.25) is 11.7 Å². The van der Waals surface area contributed by atoms with Crippen molar-refractivity contribution < 1.29 is 18.4 Å². The molecule has 0 spiro atoms. The van der Waals surface area contributed by atoms with Gasteiger partial charge in [-0.05, 0) is 18.2 Å². The van der Waals surface area contributed by atoms with Crippen molar-refractivity contribution in [3.8, 4) is 22.6 Å². The first-order valence-corrected chi connectivity index (χ1v) is 8.70. The highest BCUT2D eigenvalue weighted by Crippen LogP contribution is 2.24. The van der Waals surface area contributed by atoms with Gasteiger partial charge in [-0.1, -0.05) is 21.1 Å². The van der Waals surface area contributed by atoms with Gasteiger partial charge in [-0.25, -0.2) is 14.3 Å². The van der Waals surface area contributed by atoms with Crippen LogP contribution in [0.25, 0.3) is 22.6 Å². The summed E-state index contributed by atoms with van der Waals surface area (Å²) >= 11 is 3.19. The van der Waals surface area contributed by atoms with E-state index in [1.54, 1.807) is 6.07 Å². The number of rotatable bonds is 4. The second-order valence-corrected chi connectivity index (χ2v) is 6.70. The Labute approximate surface area is 164 Å². The Morgan fingerprint density at radius 2 is 2.18 bits per heavy atom. The number of esters is 1. The van der Waals surface area contributed by atoms with Gasteiger partial charge in [0.1, 0.15) is 23.6 Å². The van der Waals surface area contributed by atoms with E-state index >= 15 is 0 Å². The Morgan fingerprint density at radius 3 is 2.93 bits per heavy atom. The van der Waals surface area contributed by atoms with Crippen LogP contribution in [0.3, 0.4) is 0 Å². The number of benzene rings is 1. The van der Waals surface area contributed by atoms with Crippen molar-refractivity contribution in [2.24, 2.45) is 0 Å². The second kappa shape index (κ2) is 7.00. The molecule has 0 amide bonds. The molecule has 11 heteroatoms. The predicted molar refractivity (Wildman–Crippen MR) is 97.3 cm³/mol. The Hall–Kier alpha value is -3.34. The molecular weight excluding hydrogens is 437 g/mol. The highest BCUT2D eigenvalue weighted by Gasteiger charge is 2.22. The molecular formula is C17H11BrFN5O4. The number of hydrogen-bond acceptors (Lipinski definition) is 7. The van der Waals surface area contributed by atoms with Crippen LogP contribution in [0.2, 0.25) is 0 Å². The maximum absolute atomic E-state index is 14.1. The monoisotopic (exact) mass is 447 g/mol. The summed E-state index contributed by atoms with van der Waals surface area (Å²) < 4.78 is 26.1. The fraction of sp³-hybridized carbons (Fsp3) is 0.118. The van der Waals surface area contributed by atoms with E-state index in [9.17, 15) is 14.0 Å². The number of H-pyrrole nitrogens is 1. The zero-order chi connectivity index (χ0) is 19.8. The highest BCUT2D eigenvalue weighted by atomic mass is 79.9. The first-order chi connectivity index (χ1) is 13.5. The van der Waals surface area contributed by atoms with Gasteiger partial charge < -0.3 is 13.8 Å². The number of fused-ring (bicyclic) bond motifs is 1. The molecule has 4 rings (SSSR count). The third-order valence-electron chi connectivity index (χ3n) is 3.98. The van der Waals surface area contributed by atoms with Gasteiger partial charge in [-0.3, -0.25) is 4.79 Å². The van der Waals surface area contributed by atoms with Crippen LogP contribution in [-0.4, -0.2) is 38.0 Å². The maximum Gasteiger partial charge on any atom is 0.341 e. The van der Waals surface area contributed by atoms with Gasteiger partial charge >= 0.3 is 5.97 Å². The molecule has 0 saturated heterocycles. The van der Waals surface area contributed by atoms with Crippen LogP contribution in [0, 0.1) is 5.82 Å². The van der Waals surface area contributed by atoms with Crippen LogP contribution in [0.1, 0.15) is 16.2 Å². The summed E-state index contributed by atoms with van der Waals surface area (Å²) in [6, 6.07) is 4.48.